The van der Waals surface area contributed by atoms with Crippen molar-refractivity contribution in [3.63, 3.8) is 0 Å². The minimum absolute atomic E-state index is 0.224. The van der Waals surface area contributed by atoms with Crippen molar-refractivity contribution in [3.05, 3.63) is 40.6 Å². The second-order valence-corrected chi connectivity index (χ2v) is 5.22. The summed E-state index contributed by atoms with van der Waals surface area (Å²) < 4.78 is 44.5. The second-order valence-electron chi connectivity index (χ2n) is 4.31. The van der Waals surface area contributed by atoms with Gasteiger partial charge in [-0.05, 0) is 35.7 Å². The van der Waals surface area contributed by atoms with Crippen molar-refractivity contribution >= 4 is 34.7 Å². The van der Waals surface area contributed by atoms with Gasteiger partial charge in [0.05, 0.1) is 12.8 Å². The molecule has 0 unspecified atom stereocenters. The van der Waals surface area contributed by atoms with Gasteiger partial charge in [-0.2, -0.15) is 0 Å². The van der Waals surface area contributed by atoms with Crippen molar-refractivity contribution in [1.82, 2.24) is 0 Å². The van der Waals surface area contributed by atoms with Crippen LogP contribution in [0.5, 0.6) is 5.75 Å². The topological polar surface area (TPSA) is 76.7 Å². The Morgan fingerprint density at radius 1 is 1.08 bits per heavy atom. The third-order valence-corrected chi connectivity index (χ3v) is 3.52. The van der Waals surface area contributed by atoms with Crippen LogP contribution >= 0.6 is 11.3 Å². The first-order valence-electron chi connectivity index (χ1n) is 6.38. The first kappa shape index (κ1) is 17.6. The highest BCUT2D eigenvalue weighted by Gasteiger charge is 2.30. The number of thiophene rings is 1. The molecule has 0 saturated carbocycles. The zero-order chi connectivity index (χ0) is 17.7. The minimum atomic E-state index is -4.78. The van der Waals surface area contributed by atoms with Crippen LogP contribution in [0.3, 0.4) is 0 Å². The molecule has 6 nitrogen and oxygen atoms in total. The number of urea groups is 1. The van der Waals surface area contributed by atoms with Crippen LogP contribution in [0.15, 0.2) is 35.7 Å². The Labute approximate surface area is 138 Å². The highest BCUT2D eigenvalue weighted by molar-refractivity contribution is 7.12. The monoisotopic (exact) mass is 360 g/mol. The normalized spacial score (nSPS) is 10.8. The summed E-state index contributed by atoms with van der Waals surface area (Å²) in [5.74, 6) is -0.992. The number of benzene rings is 1. The lowest BCUT2D eigenvalue weighted by Crippen LogP contribution is -2.20. The number of carbonyl (C=O) groups is 2. The van der Waals surface area contributed by atoms with Crippen molar-refractivity contribution in [2.45, 2.75) is 6.36 Å². The number of amides is 2. The molecule has 0 aliphatic carbocycles. The van der Waals surface area contributed by atoms with E-state index < -0.39 is 24.1 Å². The molecule has 1 heterocycles. The summed E-state index contributed by atoms with van der Waals surface area (Å²) >= 11 is 1.10. The van der Waals surface area contributed by atoms with E-state index in [9.17, 15) is 22.8 Å². The van der Waals surface area contributed by atoms with Gasteiger partial charge in [-0.1, -0.05) is 0 Å². The van der Waals surface area contributed by atoms with Gasteiger partial charge >= 0.3 is 18.4 Å². The molecule has 2 N–H and O–H groups in total. The third kappa shape index (κ3) is 4.88. The Bertz CT molecular complexity index is 728. The fourth-order valence-corrected chi connectivity index (χ4v) is 2.45. The molecule has 10 heteroatoms. The molecule has 1 aromatic heterocycles. The average Bonchev–Trinajstić information content (AvgIpc) is 2.95. The molecule has 0 aliphatic rings. The van der Waals surface area contributed by atoms with Gasteiger partial charge in [0.2, 0.25) is 0 Å². The second kappa shape index (κ2) is 7.21. The number of alkyl halides is 3. The summed E-state index contributed by atoms with van der Waals surface area (Å²) in [5, 5.41) is 6.48. The molecule has 0 saturated heterocycles. The van der Waals surface area contributed by atoms with Crippen LogP contribution < -0.4 is 15.4 Å². The molecular weight excluding hydrogens is 349 g/mol. The van der Waals surface area contributed by atoms with Gasteiger partial charge < -0.3 is 20.1 Å². The number of halogens is 3. The van der Waals surface area contributed by atoms with E-state index in [1.165, 1.54) is 25.3 Å². The largest absolute Gasteiger partial charge is 0.573 e. The molecule has 0 fully saturated rings. The van der Waals surface area contributed by atoms with E-state index in [0.717, 1.165) is 23.5 Å². The predicted molar refractivity (Wildman–Crippen MR) is 81.4 cm³/mol. The zero-order valence-electron chi connectivity index (χ0n) is 12.1. The first-order chi connectivity index (χ1) is 11.3. The quantitative estimate of drug-likeness (QED) is 0.806. The van der Waals surface area contributed by atoms with Crippen molar-refractivity contribution in [2.24, 2.45) is 0 Å². The van der Waals surface area contributed by atoms with E-state index in [1.807, 2.05) is 0 Å². The third-order valence-electron chi connectivity index (χ3n) is 2.63. The lowest BCUT2D eigenvalue weighted by atomic mass is 10.3. The zero-order valence-corrected chi connectivity index (χ0v) is 13.0. The lowest BCUT2D eigenvalue weighted by Gasteiger charge is -2.10. The van der Waals surface area contributed by atoms with Crippen molar-refractivity contribution in [1.29, 1.82) is 0 Å². The van der Waals surface area contributed by atoms with Gasteiger partial charge in [0, 0.05) is 5.69 Å². The number of hydrogen-bond acceptors (Lipinski definition) is 5. The number of hydrogen-bond donors (Lipinski definition) is 2. The number of ether oxygens (including phenoxy) is 2. The van der Waals surface area contributed by atoms with Gasteiger partial charge in [-0.25, -0.2) is 9.59 Å². The van der Waals surface area contributed by atoms with Crippen LogP contribution in [0.1, 0.15) is 9.67 Å². The molecule has 0 radical (unpaired) electrons. The van der Waals surface area contributed by atoms with E-state index in [2.05, 4.69) is 20.1 Å². The maximum atomic E-state index is 12.1. The standard InChI is InChI=1S/C14H11F3N2O4S/c1-22-12(20)11-10(6-7-24-11)19-13(21)18-8-2-4-9(5-3-8)23-14(15,16)17/h2-7H,1H3,(H2,18,19,21). The van der Waals surface area contributed by atoms with Crippen LogP contribution in [-0.4, -0.2) is 25.5 Å². The average molecular weight is 360 g/mol. The van der Waals surface area contributed by atoms with Crippen molar-refractivity contribution in [2.75, 3.05) is 17.7 Å². The summed E-state index contributed by atoms with van der Waals surface area (Å²) in [6.45, 7) is 0. The van der Waals surface area contributed by atoms with Crippen LogP contribution in [0.25, 0.3) is 0 Å². The molecule has 0 bridgehead atoms. The summed E-state index contributed by atoms with van der Waals surface area (Å²) in [6, 6.07) is 5.48. The Morgan fingerprint density at radius 2 is 1.75 bits per heavy atom. The molecule has 128 valence electrons. The molecule has 2 aromatic rings. The Morgan fingerprint density at radius 3 is 2.33 bits per heavy atom. The summed E-state index contributed by atoms with van der Waals surface area (Å²) in [6.07, 6.45) is -4.78. The molecule has 0 spiro atoms. The fourth-order valence-electron chi connectivity index (χ4n) is 1.68. The molecular formula is C14H11F3N2O4S. The van der Waals surface area contributed by atoms with Gasteiger partial charge in [-0.15, -0.1) is 24.5 Å². The van der Waals surface area contributed by atoms with Crippen LogP contribution in [0.4, 0.5) is 29.3 Å². The number of esters is 1. The SMILES string of the molecule is COC(=O)c1sccc1NC(=O)Nc1ccc(OC(F)(F)F)cc1. The molecule has 0 atom stereocenters. The van der Waals surface area contributed by atoms with E-state index in [0.29, 0.717) is 0 Å². The molecule has 2 amide bonds. The molecule has 2 rings (SSSR count). The van der Waals surface area contributed by atoms with Crippen molar-refractivity contribution < 1.29 is 32.2 Å². The van der Waals surface area contributed by atoms with E-state index in [4.69, 9.17) is 0 Å². The summed E-state index contributed by atoms with van der Waals surface area (Å²) in [4.78, 5) is 23.6. The van der Waals surface area contributed by atoms with Crippen LogP contribution in [-0.2, 0) is 4.74 Å². The Kier molecular flexibility index (Phi) is 5.29. The molecule has 24 heavy (non-hydrogen) atoms. The summed E-state index contributed by atoms with van der Waals surface area (Å²) in [7, 11) is 1.22. The predicted octanol–water partition coefficient (Wildman–Crippen LogP) is 4.08. The lowest BCUT2D eigenvalue weighted by molar-refractivity contribution is -0.274. The van der Waals surface area contributed by atoms with Gasteiger partial charge in [0.25, 0.3) is 0 Å². The van der Waals surface area contributed by atoms with Crippen LogP contribution in [0.2, 0.25) is 0 Å². The number of anilines is 2. The van der Waals surface area contributed by atoms with Gasteiger partial charge in [0.15, 0.2) is 0 Å². The Balaban J connectivity index is 1.98. The number of nitrogens with one attached hydrogen (secondary N) is 2. The number of methoxy groups -OCH3 is 1. The van der Waals surface area contributed by atoms with Gasteiger partial charge in [0.1, 0.15) is 10.6 Å². The van der Waals surface area contributed by atoms with E-state index in [1.54, 1.807) is 5.38 Å². The highest BCUT2D eigenvalue weighted by Crippen LogP contribution is 2.25. The maximum Gasteiger partial charge on any atom is 0.573 e. The molecule has 0 aliphatic heterocycles. The maximum absolute atomic E-state index is 12.1. The minimum Gasteiger partial charge on any atom is -0.465 e. The fraction of sp³-hybridized carbons (Fsp3) is 0.143. The van der Waals surface area contributed by atoms with Gasteiger partial charge in [-0.3, -0.25) is 0 Å². The first-order valence-corrected chi connectivity index (χ1v) is 7.26. The van der Waals surface area contributed by atoms with Crippen LogP contribution in [0, 0.1) is 0 Å². The number of rotatable bonds is 4. The van der Waals surface area contributed by atoms with E-state index >= 15 is 0 Å². The highest BCUT2D eigenvalue weighted by atomic mass is 32.1. The van der Waals surface area contributed by atoms with Crippen molar-refractivity contribution in [3.8, 4) is 5.75 Å². The molecule has 1 aromatic carbocycles. The van der Waals surface area contributed by atoms with E-state index in [-0.39, 0.29) is 16.3 Å². The summed E-state index contributed by atoms with van der Waals surface area (Å²) in [5.41, 5.74) is 0.512. The Hall–Kier alpha value is -2.75. The smallest absolute Gasteiger partial charge is 0.465 e. The number of carbonyl (C=O) groups excluding carboxylic acids is 2.